The third kappa shape index (κ3) is 9.93. The number of Topliss-reactive ketones (excluding diaryl/α,β-unsaturated/α-hetero) is 3. The predicted octanol–water partition coefficient (Wildman–Crippen LogP) is 8.00. The Balaban J connectivity index is 0.00000352. The molecule has 1 aromatic carbocycles. The first-order chi connectivity index (χ1) is 17.8. The van der Waals surface area contributed by atoms with Gasteiger partial charge in [-0.2, -0.15) is 0 Å². The van der Waals surface area contributed by atoms with Gasteiger partial charge in [-0.05, 0) is 67.2 Å². The fraction of sp³-hybridized carbons (Fsp3) is 0.588. The zero-order chi connectivity index (χ0) is 29.1. The van der Waals surface area contributed by atoms with Gasteiger partial charge in [0.1, 0.15) is 11.6 Å². The number of allylic oxidation sites excluding steroid dienone is 2. The van der Waals surface area contributed by atoms with Gasteiger partial charge in [-0.25, -0.2) is 0 Å². The van der Waals surface area contributed by atoms with E-state index in [-0.39, 0.29) is 53.2 Å². The maximum atomic E-state index is 13.8. The number of hydrogen-bond acceptors (Lipinski definition) is 4. The van der Waals surface area contributed by atoms with Crippen LogP contribution in [0.25, 0.3) is 0 Å². The molecule has 0 radical (unpaired) electrons. The third-order valence-electron chi connectivity index (χ3n) is 7.64. The molecule has 1 unspecified atom stereocenters. The van der Waals surface area contributed by atoms with Crippen molar-refractivity contribution in [2.75, 3.05) is 0 Å². The number of rotatable bonds is 13. The average Bonchev–Trinajstić information content (AvgIpc) is 2.87. The Labute approximate surface area is 231 Å². The van der Waals surface area contributed by atoms with E-state index >= 15 is 0 Å². The second kappa shape index (κ2) is 15.1. The maximum absolute atomic E-state index is 13.8. The number of hydrogen-bond donors (Lipinski definition) is 0. The summed E-state index contributed by atoms with van der Waals surface area (Å²) in [7, 11) is 0. The summed E-state index contributed by atoms with van der Waals surface area (Å²) in [6.07, 6.45) is 5.57. The molecule has 0 amide bonds. The molecule has 0 aliphatic heterocycles. The van der Waals surface area contributed by atoms with Gasteiger partial charge < -0.3 is 0 Å². The fourth-order valence-corrected chi connectivity index (χ4v) is 5.51. The van der Waals surface area contributed by atoms with Crippen LogP contribution in [-0.4, -0.2) is 23.1 Å². The van der Waals surface area contributed by atoms with Gasteiger partial charge in [-0.15, -0.1) is 0 Å². The Morgan fingerprint density at radius 2 is 1.66 bits per heavy atom. The molecule has 210 valence electrons. The molecule has 0 heterocycles. The lowest BCUT2D eigenvalue weighted by Crippen LogP contribution is -2.39. The Morgan fingerprint density at radius 3 is 2.18 bits per heavy atom. The van der Waals surface area contributed by atoms with Crippen molar-refractivity contribution in [2.45, 2.75) is 106 Å². The first-order valence-corrected chi connectivity index (χ1v) is 14.3. The number of carbonyl (C=O) groups is 4. The average molecular weight is 523 g/mol. The van der Waals surface area contributed by atoms with E-state index < -0.39 is 5.41 Å². The predicted molar refractivity (Wildman–Crippen MR) is 157 cm³/mol. The minimum absolute atomic E-state index is 0.0157. The number of carbonyl (C=O) groups excluding carboxylic acids is 4. The molecule has 0 aromatic heterocycles. The van der Waals surface area contributed by atoms with Crippen molar-refractivity contribution < 1.29 is 19.2 Å². The highest BCUT2D eigenvalue weighted by Gasteiger charge is 2.44. The zero-order valence-corrected chi connectivity index (χ0v) is 25.0. The SMILES string of the molecule is C=CC(=O)CCC1(C(=O)C(=C)Cc2ccccc2C)CCC(C(=O)C(C)CC(=O)CC(C)(C)C)CC1.CC. The lowest BCUT2D eigenvalue weighted by molar-refractivity contribution is -0.135. The Bertz CT molecular complexity index is 1000. The van der Waals surface area contributed by atoms with Gasteiger partial charge in [-0.3, -0.25) is 19.2 Å². The molecule has 0 bridgehead atoms. The van der Waals surface area contributed by atoms with Gasteiger partial charge in [0.05, 0.1) is 0 Å². The van der Waals surface area contributed by atoms with Crippen molar-refractivity contribution in [3.05, 3.63) is 60.2 Å². The normalized spacial score (nSPS) is 19.9. The van der Waals surface area contributed by atoms with Crippen LogP contribution in [0.15, 0.2) is 49.1 Å². The van der Waals surface area contributed by atoms with Crippen LogP contribution in [-0.2, 0) is 25.6 Å². The van der Waals surface area contributed by atoms with Crippen molar-refractivity contribution in [1.29, 1.82) is 0 Å². The minimum Gasteiger partial charge on any atom is -0.300 e. The van der Waals surface area contributed by atoms with Crippen LogP contribution < -0.4 is 0 Å². The first-order valence-electron chi connectivity index (χ1n) is 14.3. The molecule has 1 aromatic rings. The highest BCUT2D eigenvalue weighted by molar-refractivity contribution is 6.00. The molecule has 4 nitrogen and oxygen atoms in total. The van der Waals surface area contributed by atoms with Crippen LogP contribution in [0.5, 0.6) is 0 Å². The second-order valence-electron chi connectivity index (χ2n) is 12.0. The molecule has 38 heavy (non-hydrogen) atoms. The van der Waals surface area contributed by atoms with Crippen molar-refractivity contribution >= 4 is 23.1 Å². The zero-order valence-electron chi connectivity index (χ0n) is 25.0. The summed E-state index contributed by atoms with van der Waals surface area (Å²) in [5.74, 6) is -0.273. The lowest BCUT2D eigenvalue weighted by Gasteiger charge is -2.39. The van der Waals surface area contributed by atoms with Crippen LogP contribution in [0, 0.1) is 29.6 Å². The Morgan fingerprint density at radius 1 is 1.08 bits per heavy atom. The van der Waals surface area contributed by atoms with Crippen LogP contribution >= 0.6 is 0 Å². The summed E-state index contributed by atoms with van der Waals surface area (Å²) in [5, 5.41) is 0. The van der Waals surface area contributed by atoms with E-state index in [1.54, 1.807) is 0 Å². The molecule has 1 fully saturated rings. The molecule has 1 atom stereocenters. The summed E-state index contributed by atoms with van der Waals surface area (Å²) in [6, 6.07) is 7.97. The Hall–Kier alpha value is -2.62. The van der Waals surface area contributed by atoms with Gasteiger partial charge in [-0.1, -0.05) is 79.0 Å². The standard InChI is InChI=1S/C32H44O4.C2H6/c1-8-27(33)15-18-32(30(36)24(4)19-26-12-10-9-11-22(26)2)16-13-25(14-17-32)29(35)23(3)20-28(34)21-31(5,6)7;1-2/h8-12,23,25H,1,4,13-21H2,2-3,5-7H3;1-2H3. The lowest BCUT2D eigenvalue weighted by atomic mass is 9.62. The summed E-state index contributed by atoms with van der Waals surface area (Å²) in [4.78, 5) is 51.4. The molecule has 1 aliphatic rings. The van der Waals surface area contributed by atoms with E-state index in [0.717, 1.165) is 11.1 Å². The first kappa shape index (κ1) is 33.4. The van der Waals surface area contributed by atoms with Crippen molar-refractivity contribution in [1.82, 2.24) is 0 Å². The molecular weight excluding hydrogens is 472 g/mol. The van der Waals surface area contributed by atoms with Crippen molar-refractivity contribution in [2.24, 2.45) is 22.7 Å². The van der Waals surface area contributed by atoms with E-state index in [2.05, 4.69) is 13.2 Å². The fourth-order valence-electron chi connectivity index (χ4n) is 5.51. The van der Waals surface area contributed by atoms with Crippen LogP contribution in [0.4, 0.5) is 0 Å². The molecule has 4 heteroatoms. The van der Waals surface area contributed by atoms with E-state index in [1.807, 2.05) is 72.7 Å². The number of benzene rings is 1. The van der Waals surface area contributed by atoms with Crippen LogP contribution in [0.1, 0.15) is 104 Å². The highest BCUT2D eigenvalue weighted by Crippen LogP contribution is 2.46. The van der Waals surface area contributed by atoms with E-state index in [9.17, 15) is 19.2 Å². The molecular formula is C34H50O4. The van der Waals surface area contributed by atoms with Gasteiger partial charge in [0.2, 0.25) is 0 Å². The second-order valence-corrected chi connectivity index (χ2v) is 12.0. The summed E-state index contributed by atoms with van der Waals surface area (Å²) < 4.78 is 0. The highest BCUT2D eigenvalue weighted by atomic mass is 16.1. The molecule has 1 saturated carbocycles. The number of aryl methyl sites for hydroxylation is 1. The molecule has 2 rings (SSSR count). The summed E-state index contributed by atoms with van der Waals surface area (Å²) in [6.45, 7) is 21.7. The minimum atomic E-state index is -0.680. The molecule has 1 aliphatic carbocycles. The largest absolute Gasteiger partial charge is 0.300 e. The molecule has 0 saturated heterocycles. The van der Waals surface area contributed by atoms with E-state index in [1.165, 1.54) is 6.08 Å². The Kier molecular flexibility index (Phi) is 13.3. The van der Waals surface area contributed by atoms with Gasteiger partial charge >= 0.3 is 0 Å². The van der Waals surface area contributed by atoms with E-state index in [4.69, 9.17) is 0 Å². The topological polar surface area (TPSA) is 68.3 Å². The summed E-state index contributed by atoms with van der Waals surface area (Å²) >= 11 is 0. The van der Waals surface area contributed by atoms with Gasteiger partial charge in [0.15, 0.2) is 11.6 Å². The number of ketones is 4. The molecule has 0 N–H and O–H groups in total. The van der Waals surface area contributed by atoms with Crippen molar-refractivity contribution in [3.63, 3.8) is 0 Å². The summed E-state index contributed by atoms with van der Waals surface area (Å²) in [5.41, 5.74) is 1.98. The third-order valence-corrected chi connectivity index (χ3v) is 7.64. The smallest absolute Gasteiger partial charge is 0.164 e. The quantitative estimate of drug-likeness (QED) is 0.246. The van der Waals surface area contributed by atoms with Gasteiger partial charge in [0.25, 0.3) is 0 Å². The van der Waals surface area contributed by atoms with Crippen LogP contribution in [0.2, 0.25) is 0 Å². The van der Waals surface area contributed by atoms with Crippen LogP contribution in [0.3, 0.4) is 0 Å². The van der Waals surface area contributed by atoms with Crippen molar-refractivity contribution in [3.8, 4) is 0 Å². The van der Waals surface area contributed by atoms with Gasteiger partial charge in [0, 0.05) is 42.9 Å². The van der Waals surface area contributed by atoms with E-state index in [0.29, 0.717) is 50.5 Å². The maximum Gasteiger partial charge on any atom is 0.164 e. The monoisotopic (exact) mass is 522 g/mol. The molecule has 0 spiro atoms.